The van der Waals surface area contributed by atoms with Gasteiger partial charge < -0.3 is 26.7 Å². The molecule has 13 heavy (non-hydrogen) atoms. The standard InChI is InChI=1S/C9H22NO2.ClH/c1-8(2)12-7-9(11)6-10(3,4)5;/h8-9,11H,6-7H2,1-5H3;1H/q+1;/p-1. The van der Waals surface area contributed by atoms with Gasteiger partial charge in [0.1, 0.15) is 12.6 Å². The van der Waals surface area contributed by atoms with Crippen molar-refractivity contribution in [1.29, 1.82) is 0 Å². The quantitative estimate of drug-likeness (QED) is 0.509. The fourth-order valence-electron chi connectivity index (χ4n) is 0.988. The van der Waals surface area contributed by atoms with E-state index in [0.29, 0.717) is 6.61 Å². The summed E-state index contributed by atoms with van der Waals surface area (Å²) in [6.45, 7) is 5.11. The Morgan fingerprint density at radius 1 is 1.23 bits per heavy atom. The Kier molecular flexibility index (Phi) is 7.93. The lowest BCUT2D eigenvalue weighted by molar-refractivity contribution is -0.873. The van der Waals surface area contributed by atoms with Crippen LogP contribution in [-0.2, 0) is 4.74 Å². The largest absolute Gasteiger partial charge is 1.00 e. The van der Waals surface area contributed by atoms with Gasteiger partial charge in [0.05, 0.1) is 33.9 Å². The van der Waals surface area contributed by atoms with Crippen LogP contribution in [0.25, 0.3) is 0 Å². The molecule has 0 aliphatic heterocycles. The SMILES string of the molecule is CC(C)OCC(O)C[N+](C)(C)C.[Cl-]. The van der Waals surface area contributed by atoms with Crippen molar-refractivity contribution in [2.24, 2.45) is 0 Å². The number of likely N-dealkylation sites (N-methyl/N-ethyl adjacent to an activating group) is 1. The second kappa shape index (κ2) is 6.60. The number of nitrogens with zero attached hydrogens (tertiary/aromatic N) is 1. The van der Waals surface area contributed by atoms with Gasteiger partial charge >= 0.3 is 0 Å². The minimum atomic E-state index is -0.354. The van der Waals surface area contributed by atoms with Gasteiger partial charge in [-0.05, 0) is 13.8 Å². The van der Waals surface area contributed by atoms with Crippen LogP contribution in [0.1, 0.15) is 13.8 Å². The van der Waals surface area contributed by atoms with E-state index in [-0.39, 0.29) is 24.6 Å². The van der Waals surface area contributed by atoms with Gasteiger partial charge in [0.15, 0.2) is 0 Å². The third-order valence-corrected chi connectivity index (χ3v) is 1.38. The van der Waals surface area contributed by atoms with Gasteiger partial charge in [0.2, 0.25) is 0 Å². The predicted molar refractivity (Wildman–Crippen MR) is 50.0 cm³/mol. The number of quaternary nitrogens is 1. The molecule has 82 valence electrons. The van der Waals surface area contributed by atoms with Crippen LogP contribution in [0.2, 0.25) is 0 Å². The maximum absolute atomic E-state index is 9.49. The minimum Gasteiger partial charge on any atom is -1.00 e. The van der Waals surface area contributed by atoms with E-state index in [4.69, 9.17) is 4.74 Å². The molecule has 0 heterocycles. The van der Waals surface area contributed by atoms with E-state index >= 15 is 0 Å². The Balaban J connectivity index is 0. The van der Waals surface area contributed by atoms with Crippen molar-refractivity contribution in [3.63, 3.8) is 0 Å². The highest BCUT2D eigenvalue weighted by Gasteiger charge is 2.15. The molecule has 4 heteroatoms. The number of aliphatic hydroxyl groups is 1. The highest BCUT2D eigenvalue weighted by atomic mass is 35.5. The maximum Gasteiger partial charge on any atom is 0.126 e. The summed E-state index contributed by atoms with van der Waals surface area (Å²) in [7, 11) is 6.16. The van der Waals surface area contributed by atoms with Crippen LogP contribution in [0.4, 0.5) is 0 Å². The first kappa shape index (κ1) is 15.6. The van der Waals surface area contributed by atoms with E-state index in [0.717, 1.165) is 11.0 Å². The van der Waals surface area contributed by atoms with Gasteiger partial charge in [0.25, 0.3) is 0 Å². The Labute approximate surface area is 87.7 Å². The van der Waals surface area contributed by atoms with Gasteiger partial charge in [-0.25, -0.2) is 0 Å². The topological polar surface area (TPSA) is 29.5 Å². The number of hydrogen-bond acceptors (Lipinski definition) is 2. The number of aliphatic hydroxyl groups excluding tert-OH is 1. The molecule has 0 aliphatic rings. The molecular formula is C9H22ClNO2. The average Bonchev–Trinajstić information content (AvgIpc) is 1.79. The van der Waals surface area contributed by atoms with E-state index in [1.165, 1.54) is 0 Å². The summed E-state index contributed by atoms with van der Waals surface area (Å²) in [6.07, 6.45) is -0.153. The molecule has 0 aliphatic carbocycles. The van der Waals surface area contributed by atoms with Crippen LogP contribution in [0, 0.1) is 0 Å². The zero-order chi connectivity index (χ0) is 9.78. The summed E-state index contributed by atoms with van der Waals surface area (Å²) in [6, 6.07) is 0. The van der Waals surface area contributed by atoms with Crippen molar-refractivity contribution in [1.82, 2.24) is 0 Å². The van der Waals surface area contributed by atoms with Crippen molar-refractivity contribution in [3.05, 3.63) is 0 Å². The second-order valence-electron chi connectivity index (χ2n) is 4.51. The van der Waals surface area contributed by atoms with Crippen molar-refractivity contribution in [2.45, 2.75) is 26.1 Å². The number of hydrogen-bond donors (Lipinski definition) is 1. The van der Waals surface area contributed by atoms with Crippen LogP contribution in [0.5, 0.6) is 0 Å². The smallest absolute Gasteiger partial charge is 0.126 e. The molecule has 0 spiro atoms. The first-order chi connectivity index (χ1) is 5.31. The van der Waals surface area contributed by atoms with E-state index in [2.05, 4.69) is 21.1 Å². The van der Waals surface area contributed by atoms with E-state index < -0.39 is 0 Å². The summed E-state index contributed by atoms with van der Waals surface area (Å²) in [4.78, 5) is 0. The highest BCUT2D eigenvalue weighted by Crippen LogP contribution is 1.97. The number of rotatable bonds is 5. The van der Waals surface area contributed by atoms with Crippen molar-refractivity contribution in [2.75, 3.05) is 34.3 Å². The lowest BCUT2D eigenvalue weighted by Crippen LogP contribution is -3.00. The molecule has 0 aromatic rings. The summed E-state index contributed by atoms with van der Waals surface area (Å²) >= 11 is 0. The Morgan fingerprint density at radius 2 is 1.69 bits per heavy atom. The molecule has 0 bridgehead atoms. The predicted octanol–water partition coefficient (Wildman–Crippen LogP) is -2.52. The van der Waals surface area contributed by atoms with E-state index in [1.807, 2.05) is 13.8 Å². The van der Waals surface area contributed by atoms with Gasteiger partial charge in [-0.1, -0.05) is 0 Å². The second-order valence-corrected chi connectivity index (χ2v) is 4.51. The molecule has 0 radical (unpaired) electrons. The van der Waals surface area contributed by atoms with E-state index in [1.54, 1.807) is 0 Å². The zero-order valence-corrected chi connectivity index (χ0v) is 10.0. The first-order valence-electron chi connectivity index (χ1n) is 4.41. The third kappa shape index (κ3) is 12.2. The molecule has 1 unspecified atom stereocenters. The first-order valence-corrected chi connectivity index (χ1v) is 4.41. The summed E-state index contributed by atoms with van der Waals surface area (Å²) in [5.41, 5.74) is 0. The van der Waals surface area contributed by atoms with Crippen molar-refractivity contribution in [3.8, 4) is 0 Å². The molecule has 0 fully saturated rings. The monoisotopic (exact) mass is 211 g/mol. The van der Waals surface area contributed by atoms with Gasteiger partial charge in [-0.2, -0.15) is 0 Å². The highest BCUT2D eigenvalue weighted by molar-refractivity contribution is 4.52. The van der Waals surface area contributed by atoms with Gasteiger partial charge in [-0.3, -0.25) is 0 Å². The number of halogens is 1. The van der Waals surface area contributed by atoms with Gasteiger partial charge in [-0.15, -0.1) is 0 Å². The summed E-state index contributed by atoms with van der Waals surface area (Å²) in [5.74, 6) is 0. The summed E-state index contributed by atoms with van der Waals surface area (Å²) in [5, 5.41) is 9.49. The van der Waals surface area contributed by atoms with Crippen molar-refractivity contribution >= 4 is 0 Å². The molecule has 1 atom stereocenters. The molecule has 0 rings (SSSR count). The third-order valence-electron chi connectivity index (χ3n) is 1.38. The molecule has 0 saturated carbocycles. The van der Waals surface area contributed by atoms with Crippen LogP contribution >= 0.6 is 0 Å². The van der Waals surface area contributed by atoms with Crippen LogP contribution < -0.4 is 12.4 Å². The van der Waals surface area contributed by atoms with Gasteiger partial charge in [0, 0.05) is 0 Å². The molecule has 0 aromatic carbocycles. The number of ether oxygens (including phenoxy) is 1. The molecule has 0 amide bonds. The van der Waals surface area contributed by atoms with Crippen LogP contribution in [0.15, 0.2) is 0 Å². The molecule has 1 N–H and O–H groups in total. The Bertz CT molecular complexity index is 123. The lowest BCUT2D eigenvalue weighted by atomic mass is 10.3. The van der Waals surface area contributed by atoms with Crippen LogP contribution in [-0.4, -0.2) is 56.1 Å². The molecule has 0 aromatic heterocycles. The Morgan fingerprint density at radius 3 is 2.00 bits per heavy atom. The fraction of sp³-hybridized carbons (Fsp3) is 1.00. The fourth-order valence-corrected chi connectivity index (χ4v) is 0.988. The minimum absolute atomic E-state index is 0. The zero-order valence-electron chi connectivity index (χ0n) is 9.25. The lowest BCUT2D eigenvalue weighted by Gasteiger charge is -2.26. The average molecular weight is 212 g/mol. The Hall–Kier alpha value is 0.170. The summed E-state index contributed by atoms with van der Waals surface area (Å²) < 4.78 is 6.06. The maximum atomic E-state index is 9.49. The normalized spacial score (nSPS) is 14.1. The molecular weight excluding hydrogens is 190 g/mol. The van der Waals surface area contributed by atoms with Crippen LogP contribution in [0.3, 0.4) is 0 Å². The van der Waals surface area contributed by atoms with Crippen molar-refractivity contribution < 1.29 is 26.7 Å². The molecule has 0 saturated heterocycles. The van der Waals surface area contributed by atoms with E-state index in [9.17, 15) is 5.11 Å². The molecule has 3 nitrogen and oxygen atoms in total.